The Morgan fingerprint density at radius 3 is 2.48 bits per heavy atom. The highest BCUT2D eigenvalue weighted by Crippen LogP contribution is 2.36. The fourth-order valence-corrected chi connectivity index (χ4v) is 2.57. The number of alkyl halides is 3. The van der Waals surface area contributed by atoms with Crippen LogP contribution in [0.15, 0.2) is 59.3 Å². The van der Waals surface area contributed by atoms with Crippen molar-refractivity contribution in [2.24, 2.45) is 0 Å². The van der Waals surface area contributed by atoms with Crippen LogP contribution >= 0.6 is 15.9 Å². The second kappa shape index (κ2) is 7.43. The molecule has 9 heteroatoms. The first kappa shape index (κ1) is 19.0. The molecule has 1 N–H and O–H groups in total. The molecule has 0 spiro atoms. The zero-order chi connectivity index (χ0) is 19.6. The summed E-state index contributed by atoms with van der Waals surface area (Å²) < 4.78 is 54.5. The topological polar surface area (TPSA) is 54.9 Å². The number of carbonyl (C=O) groups is 1. The van der Waals surface area contributed by atoms with E-state index < -0.39 is 29.2 Å². The second-order valence-electron chi connectivity index (χ2n) is 5.41. The van der Waals surface area contributed by atoms with Gasteiger partial charge >= 0.3 is 6.18 Å². The Morgan fingerprint density at radius 2 is 1.85 bits per heavy atom. The smallest absolute Gasteiger partial charge is 0.307 e. The number of halogens is 5. The molecule has 0 atom stereocenters. The Bertz CT molecular complexity index is 991. The molecule has 0 unspecified atom stereocenters. The highest BCUT2D eigenvalue weighted by molar-refractivity contribution is 9.10. The van der Waals surface area contributed by atoms with Crippen molar-refractivity contribution in [3.63, 3.8) is 0 Å². The van der Waals surface area contributed by atoms with Crippen LogP contribution in [0.4, 0.5) is 23.4 Å². The first-order valence-electron chi connectivity index (χ1n) is 7.51. The van der Waals surface area contributed by atoms with Crippen LogP contribution in [0.1, 0.15) is 15.9 Å². The van der Waals surface area contributed by atoms with E-state index in [1.165, 1.54) is 18.3 Å². The maximum atomic E-state index is 14.4. The molecule has 4 nitrogen and oxygen atoms in total. The fraction of sp³-hybridized carbons (Fsp3) is 0.0556. The molecule has 2 heterocycles. The Morgan fingerprint density at radius 1 is 1.07 bits per heavy atom. The largest absolute Gasteiger partial charge is 0.418 e. The molecular weight excluding hydrogens is 430 g/mol. The van der Waals surface area contributed by atoms with Gasteiger partial charge in [0.1, 0.15) is 11.6 Å². The Kier molecular flexibility index (Phi) is 5.22. The molecule has 1 amide bonds. The van der Waals surface area contributed by atoms with Gasteiger partial charge in [-0.15, -0.1) is 0 Å². The molecule has 27 heavy (non-hydrogen) atoms. The molecular formula is C18H10BrF4N3O. The highest BCUT2D eigenvalue weighted by Gasteiger charge is 2.34. The molecule has 0 aliphatic heterocycles. The number of aromatic nitrogens is 2. The van der Waals surface area contributed by atoms with Crippen LogP contribution in [-0.2, 0) is 6.18 Å². The molecule has 0 saturated carbocycles. The van der Waals surface area contributed by atoms with E-state index in [-0.39, 0.29) is 16.9 Å². The summed E-state index contributed by atoms with van der Waals surface area (Å²) in [6, 6.07) is 8.32. The van der Waals surface area contributed by atoms with Crippen molar-refractivity contribution in [1.82, 2.24) is 9.97 Å². The lowest BCUT2D eigenvalue weighted by Gasteiger charge is -2.13. The van der Waals surface area contributed by atoms with Crippen LogP contribution in [-0.4, -0.2) is 15.9 Å². The van der Waals surface area contributed by atoms with Crippen LogP contribution in [0.5, 0.6) is 0 Å². The molecule has 0 radical (unpaired) electrons. The van der Waals surface area contributed by atoms with Crippen molar-refractivity contribution in [3.05, 3.63) is 76.3 Å². The molecule has 0 aliphatic rings. The van der Waals surface area contributed by atoms with E-state index in [1.54, 1.807) is 6.07 Å². The van der Waals surface area contributed by atoms with Gasteiger partial charge in [-0.1, -0.05) is 0 Å². The number of carbonyl (C=O) groups excluding carboxylic acids is 1. The fourth-order valence-electron chi connectivity index (χ4n) is 2.34. The van der Waals surface area contributed by atoms with Gasteiger partial charge < -0.3 is 5.32 Å². The van der Waals surface area contributed by atoms with E-state index in [2.05, 4.69) is 31.2 Å². The monoisotopic (exact) mass is 439 g/mol. The highest BCUT2D eigenvalue weighted by atomic mass is 79.9. The van der Waals surface area contributed by atoms with Gasteiger partial charge in [0.25, 0.3) is 5.91 Å². The zero-order valence-electron chi connectivity index (χ0n) is 13.4. The number of nitrogens with one attached hydrogen (secondary N) is 1. The van der Waals surface area contributed by atoms with Crippen molar-refractivity contribution in [3.8, 4) is 11.3 Å². The number of rotatable bonds is 3. The number of anilines is 1. The predicted octanol–water partition coefficient (Wildman–Crippen LogP) is 5.32. The van der Waals surface area contributed by atoms with Gasteiger partial charge in [-0.3, -0.25) is 9.78 Å². The summed E-state index contributed by atoms with van der Waals surface area (Å²) >= 11 is 3.21. The third-order valence-corrected chi connectivity index (χ3v) is 4.04. The lowest BCUT2D eigenvalue weighted by atomic mass is 10.0. The number of nitrogens with zero attached hydrogens (tertiary/aromatic N) is 2. The van der Waals surface area contributed by atoms with Gasteiger partial charge in [-0.05, 0) is 58.4 Å². The zero-order valence-corrected chi connectivity index (χ0v) is 15.0. The van der Waals surface area contributed by atoms with E-state index >= 15 is 0 Å². The van der Waals surface area contributed by atoms with Crippen molar-refractivity contribution in [2.45, 2.75) is 6.18 Å². The van der Waals surface area contributed by atoms with Gasteiger partial charge in [0, 0.05) is 28.0 Å². The van der Waals surface area contributed by atoms with Crippen molar-refractivity contribution < 1.29 is 22.4 Å². The van der Waals surface area contributed by atoms with Crippen LogP contribution in [0.2, 0.25) is 0 Å². The van der Waals surface area contributed by atoms with Gasteiger partial charge in [-0.25, -0.2) is 9.37 Å². The Labute approximate surface area is 159 Å². The summed E-state index contributed by atoms with van der Waals surface area (Å²) in [5.41, 5.74) is -2.00. The molecule has 0 aliphatic carbocycles. The average Bonchev–Trinajstić information content (AvgIpc) is 2.63. The number of amides is 1. The van der Waals surface area contributed by atoms with Crippen molar-refractivity contribution >= 4 is 27.7 Å². The van der Waals surface area contributed by atoms with E-state index in [0.717, 1.165) is 30.5 Å². The van der Waals surface area contributed by atoms with Crippen molar-refractivity contribution in [1.29, 1.82) is 0 Å². The minimum absolute atomic E-state index is 0.0644. The maximum absolute atomic E-state index is 14.4. The molecule has 3 aromatic rings. The van der Waals surface area contributed by atoms with Gasteiger partial charge in [-0.2, -0.15) is 13.2 Å². The van der Waals surface area contributed by atoms with E-state index in [1.807, 2.05) is 0 Å². The normalized spacial score (nSPS) is 11.3. The molecule has 0 fully saturated rings. The van der Waals surface area contributed by atoms with Crippen LogP contribution in [0.3, 0.4) is 0 Å². The van der Waals surface area contributed by atoms with Crippen LogP contribution in [0.25, 0.3) is 11.3 Å². The lowest BCUT2D eigenvalue weighted by molar-refractivity contribution is -0.137. The first-order chi connectivity index (χ1) is 12.8. The van der Waals surface area contributed by atoms with E-state index in [4.69, 9.17) is 0 Å². The lowest BCUT2D eigenvalue weighted by Crippen LogP contribution is -2.13. The Hall–Kier alpha value is -2.81. The third-order valence-electron chi connectivity index (χ3n) is 3.57. The third kappa shape index (κ3) is 4.30. The van der Waals surface area contributed by atoms with Crippen molar-refractivity contribution in [2.75, 3.05) is 5.32 Å². The van der Waals surface area contributed by atoms with E-state index in [0.29, 0.717) is 4.47 Å². The summed E-state index contributed by atoms with van der Waals surface area (Å²) in [6.45, 7) is 0. The van der Waals surface area contributed by atoms with E-state index in [9.17, 15) is 22.4 Å². The second-order valence-corrected chi connectivity index (χ2v) is 6.32. The van der Waals surface area contributed by atoms with Gasteiger partial charge in [0.15, 0.2) is 0 Å². The Balaban J connectivity index is 1.91. The van der Waals surface area contributed by atoms with Gasteiger partial charge in [0.05, 0.1) is 11.3 Å². The summed E-state index contributed by atoms with van der Waals surface area (Å²) in [7, 11) is 0. The summed E-state index contributed by atoms with van der Waals surface area (Å²) in [4.78, 5) is 19.8. The maximum Gasteiger partial charge on any atom is 0.418 e. The quantitative estimate of drug-likeness (QED) is 0.562. The average molecular weight is 440 g/mol. The standard InChI is InChI=1S/C18H10BrF4N3O/c19-11-4-6-15(25-9-11)26-17(27)10-3-5-12(14(20)8-10)16-13(18(21,22)23)2-1-7-24-16/h1-9H,(H,25,26,27). The molecule has 138 valence electrons. The molecule has 1 aromatic carbocycles. The molecule has 0 bridgehead atoms. The summed E-state index contributed by atoms with van der Waals surface area (Å²) in [5.74, 6) is -1.39. The summed E-state index contributed by atoms with van der Waals surface area (Å²) in [6.07, 6.45) is -2.07. The summed E-state index contributed by atoms with van der Waals surface area (Å²) in [5, 5.41) is 2.47. The number of hydrogen-bond acceptors (Lipinski definition) is 3. The minimum Gasteiger partial charge on any atom is -0.307 e. The minimum atomic E-state index is -4.68. The molecule has 3 rings (SSSR count). The number of benzene rings is 1. The molecule has 0 saturated heterocycles. The molecule has 2 aromatic heterocycles. The van der Waals surface area contributed by atoms with Gasteiger partial charge in [0.2, 0.25) is 0 Å². The number of hydrogen-bond donors (Lipinski definition) is 1. The predicted molar refractivity (Wildman–Crippen MR) is 94.5 cm³/mol. The number of pyridine rings is 2. The van der Waals surface area contributed by atoms with Crippen LogP contribution in [0, 0.1) is 5.82 Å². The first-order valence-corrected chi connectivity index (χ1v) is 8.30. The van der Waals surface area contributed by atoms with Crippen LogP contribution < -0.4 is 5.32 Å². The SMILES string of the molecule is O=C(Nc1ccc(Br)cn1)c1ccc(-c2ncccc2C(F)(F)F)c(F)c1.